The number of rotatable bonds is 7. The second-order valence-electron chi connectivity index (χ2n) is 4.81. The molecule has 0 saturated heterocycles. The fraction of sp³-hybridized carbons (Fsp3) is 0.235. The minimum absolute atomic E-state index is 0.00943. The molecule has 114 valence electrons. The number of nitrogens with zero attached hydrogens (tertiary/aromatic N) is 1. The van der Waals surface area contributed by atoms with E-state index in [4.69, 9.17) is 0 Å². The van der Waals surface area contributed by atoms with Crippen LogP contribution in [0.15, 0.2) is 54.9 Å². The maximum atomic E-state index is 12.5. The molecule has 0 saturated carbocycles. The van der Waals surface area contributed by atoms with Crippen LogP contribution in [0.2, 0.25) is 0 Å². The molecule has 0 fully saturated rings. The third-order valence-corrected chi connectivity index (χ3v) is 3.25. The van der Waals surface area contributed by atoms with Crippen LogP contribution in [0.25, 0.3) is 0 Å². The Bertz CT molecular complexity index is 614. The number of methoxy groups -OCH3 is 1. The number of carbonyl (C=O) groups excluding carboxylic acids is 2. The van der Waals surface area contributed by atoms with Gasteiger partial charge in [-0.3, -0.25) is 14.6 Å². The highest BCUT2D eigenvalue weighted by Gasteiger charge is 2.23. The van der Waals surface area contributed by atoms with Crippen molar-refractivity contribution in [2.24, 2.45) is 0 Å². The highest BCUT2D eigenvalue weighted by Crippen LogP contribution is 2.08. The van der Waals surface area contributed by atoms with Crippen LogP contribution in [0, 0.1) is 0 Å². The van der Waals surface area contributed by atoms with Crippen LogP contribution < -0.4 is 5.32 Å². The SMILES string of the molecule is COC(=O)CC(NCc1cccnc1)C(=O)c1ccccc1. The number of nitrogens with one attached hydrogen (secondary N) is 1. The maximum absolute atomic E-state index is 12.5. The molecule has 5 heteroatoms. The standard InChI is InChI=1S/C17H18N2O3/c1-22-16(20)10-15(17(21)14-7-3-2-4-8-14)19-12-13-6-5-9-18-11-13/h2-9,11,15,19H,10,12H2,1H3. The Morgan fingerprint density at radius 2 is 1.95 bits per heavy atom. The summed E-state index contributed by atoms with van der Waals surface area (Å²) in [5.74, 6) is -0.553. The number of benzene rings is 1. The number of pyridine rings is 1. The van der Waals surface area contributed by atoms with Gasteiger partial charge in [-0.1, -0.05) is 36.4 Å². The molecule has 2 aromatic rings. The van der Waals surface area contributed by atoms with Crippen molar-refractivity contribution in [3.8, 4) is 0 Å². The number of ether oxygens (including phenoxy) is 1. The van der Waals surface area contributed by atoms with Crippen molar-refractivity contribution in [1.29, 1.82) is 0 Å². The average molecular weight is 298 g/mol. The molecular formula is C17H18N2O3. The molecule has 5 nitrogen and oxygen atoms in total. The number of esters is 1. The van der Waals surface area contributed by atoms with Gasteiger partial charge in [-0.2, -0.15) is 0 Å². The lowest BCUT2D eigenvalue weighted by molar-refractivity contribution is -0.141. The highest BCUT2D eigenvalue weighted by atomic mass is 16.5. The highest BCUT2D eigenvalue weighted by molar-refractivity contribution is 6.01. The number of aromatic nitrogens is 1. The molecule has 1 aromatic heterocycles. The van der Waals surface area contributed by atoms with Crippen molar-refractivity contribution < 1.29 is 14.3 Å². The zero-order valence-corrected chi connectivity index (χ0v) is 12.4. The number of hydrogen-bond acceptors (Lipinski definition) is 5. The predicted octanol–water partition coefficient (Wildman–Crippen LogP) is 1.99. The summed E-state index contributed by atoms with van der Waals surface area (Å²) in [6.45, 7) is 0.452. The van der Waals surface area contributed by atoms with E-state index in [1.165, 1.54) is 7.11 Å². The minimum Gasteiger partial charge on any atom is -0.469 e. The van der Waals surface area contributed by atoms with Crippen molar-refractivity contribution in [2.75, 3.05) is 7.11 Å². The maximum Gasteiger partial charge on any atom is 0.307 e. The number of Topliss-reactive ketones (excluding diaryl/α,β-unsaturated/α-hetero) is 1. The summed E-state index contributed by atoms with van der Waals surface area (Å²) in [6.07, 6.45) is 3.39. The van der Waals surface area contributed by atoms with Gasteiger partial charge in [0.15, 0.2) is 5.78 Å². The molecule has 1 N–H and O–H groups in total. The van der Waals surface area contributed by atoms with Gasteiger partial charge < -0.3 is 10.1 Å². The minimum atomic E-state index is -0.630. The molecule has 1 atom stereocenters. The van der Waals surface area contributed by atoms with E-state index in [2.05, 4.69) is 15.0 Å². The normalized spacial score (nSPS) is 11.7. The van der Waals surface area contributed by atoms with Crippen LogP contribution in [0.5, 0.6) is 0 Å². The fourth-order valence-electron chi connectivity index (χ4n) is 2.05. The van der Waals surface area contributed by atoms with E-state index >= 15 is 0 Å². The van der Waals surface area contributed by atoms with Crippen molar-refractivity contribution in [2.45, 2.75) is 19.0 Å². The van der Waals surface area contributed by atoms with E-state index in [-0.39, 0.29) is 12.2 Å². The number of ketones is 1. The van der Waals surface area contributed by atoms with Gasteiger partial charge in [-0.15, -0.1) is 0 Å². The third-order valence-electron chi connectivity index (χ3n) is 3.25. The first kappa shape index (κ1) is 15.9. The van der Waals surface area contributed by atoms with Gasteiger partial charge in [0, 0.05) is 24.5 Å². The smallest absolute Gasteiger partial charge is 0.307 e. The molecule has 1 aromatic carbocycles. The van der Waals surface area contributed by atoms with Crippen LogP contribution in [0.4, 0.5) is 0 Å². The van der Waals surface area contributed by atoms with Crippen LogP contribution in [0.3, 0.4) is 0 Å². The molecule has 1 heterocycles. The molecular weight excluding hydrogens is 280 g/mol. The monoisotopic (exact) mass is 298 g/mol. The van der Waals surface area contributed by atoms with E-state index < -0.39 is 12.0 Å². The first-order chi connectivity index (χ1) is 10.7. The van der Waals surface area contributed by atoms with E-state index in [9.17, 15) is 9.59 Å². The van der Waals surface area contributed by atoms with Crippen molar-refractivity contribution >= 4 is 11.8 Å². The summed E-state index contributed by atoms with van der Waals surface area (Å²) < 4.78 is 4.68. The van der Waals surface area contributed by atoms with Gasteiger partial charge in [0.25, 0.3) is 0 Å². The largest absolute Gasteiger partial charge is 0.469 e. The zero-order chi connectivity index (χ0) is 15.8. The lowest BCUT2D eigenvalue weighted by atomic mass is 10.0. The molecule has 22 heavy (non-hydrogen) atoms. The number of carbonyl (C=O) groups is 2. The zero-order valence-electron chi connectivity index (χ0n) is 12.4. The summed E-state index contributed by atoms with van der Waals surface area (Å²) in [6, 6.07) is 12.0. The summed E-state index contributed by atoms with van der Waals surface area (Å²) in [7, 11) is 1.31. The predicted molar refractivity (Wildman–Crippen MR) is 82.3 cm³/mol. The molecule has 2 rings (SSSR count). The summed E-state index contributed by atoms with van der Waals surface area (Å²) in [5, 5.41) is 3.11. The van der Waals surface area contributed by atoms with E-state index in [0.717, 1.165) is 5.56 Å². The quantitative estimate of drug-likeness (QED) is 0.625. The molecule has 1 unspecified atom stereocenters. The van der Waals surface area contributed by atoms with E-state index in [0.29, 0.717) is 12.1 Å². The molecule has 0 amide bonds. The topological polar surface area (TPSA) is 68.3 Å². The Hall–Kier alpha value is -2.53. The van der Waals surface area contributed by atoms with Gasteiger partial charge >= 0.3 is 5.97 Å². The Labute approximate surface area is 129 Å². The van der Waals surface area contributed by atoms with Gasteiger partial charge in [0.1, 0.15) is 0 Å². The van der Waals surface area contributed by atoms with Crippen LogP contribution in [0.1, 0.15) is 22.3 Å². The average Bonchev–Trinajstić information content (AvgIpc) is 2.59. The van der Waals surface area contributed by atoms with Crippen LogP contribution >= 0.6 is 0 Å². The second kappa shape index (κ2) is 8.05. The Morgan fingerprint density at radius 1 is 1.18 bits per heavy atom. The van der Waals surface area contributed by atoms with E-state index in [1.807, 2.05) is 18.2 Å². The summed E-state index contributed by atoms with van der Waals surface area (Å²) in [5.41, 5.74) is 1.51. The molecule has 0 aliphatic rings. The lowest BCUT2D eigenvalue weighted by Gasteiger charge is -2.16. The molecule has 0 spiro atoms. The number of hydrogen-bond donors (Lipinski definition) is 1. The summed E-state index contributed by atoms with van der Waals surface area (Å²) in [4.78, 5) is 28.1. The molecule has 0 radical (unpaired) electrons. The van der Waals surface area contributed by atoms with Crippen LogP contribution in [-0.4, -0.2) is 29.9 Å². The second-order valence-corrected chi connectivity index (χ2v) is 4.81. The Balaban J connectivity index is 2.08. The van der Waals surface area contributed by atoms with Gasteiger partial charge in [-0.05, 0) is 11.6 Å². The van der Waals surface area contributed by atoms with Gasteiger partial charge in [0.05, 0.1) is 19.6 Å². The molecule has 0 aliphatic heterocycles. The summed E-state index contributed by atoms with van der Waals surface area (Å²) >= 11 is 0. The fourth-order valence-corrected chi connectivity index (χ4v) is 2.05. The van der Waals surface area contributed by atoms with Crippen LogP contribution in [-0.2, 0) is 16.1 Å². The molecule has 0 aliphatic carbocycles. The molecule has 0 bridgehead atoms. The Kier molecular flexibility index (Phi) is 5.80. The van der Waals surface area contributed by atoms with Gasteiger partial charge in [-0.25, -0.2) is 0 Å². The van der Waals surface area contributed by atoms with Gasteiger partial charge in [0.2, 0.25) is 0 Å². The first-order valence-electron chi connectivity index (χ1n) is 6.99. The Morgan fingerprint density at radius 3 is 2.59 bits per heavy atom. The lowest BCUT2D eigenvalue weighted by Crippen LogP contribution is -2.38. The van der Waals surface area contributed by atoms with Crippen molar-refractivity contribution in [3.05, 3.63) is 66.0 Å². The van der Waals surface area contributed by atoms with Crippen molar-refractivity contribution in [3.63, 3.8) is 0 Å². The van der Waals surface area contributed by atoms with E-state index in [1.54, 1.807) is 36.7 Å². The first-order valence-corrected chi connectivity index (χ1v) is 6.99. The van der Waals surface area contributed by atoms with Crippen molar-refractivity contribution in [1.82, 2.24) is 10.3 Å². The third kappa shape index (κ3) is 4.49.